The van der Waals surface area contributed by atoms with Crippen molar-refractivity contribution >= 4 is 29.1 Å². The Hall–Kier alpha value is -2.66. The Kier molecular flexibility index (Phi) is 7.63. The minimum atomic E-state index is -2.16. The van der Waals surface area contributed by atoms with Gasteiger partial charge in [0.05, 0.1) is 24.1 Å². The summed E-state index contributed by atoms with van der Waals surface area (Å²) in [4.78, 5) is 24.5. The Balaban J connectivity index is 1.84. The molecule has 0 spiro atoms. The zero-order chi connectivity index (χ0) is 24.3. The fraction of sp³-hybridized carbons (Fsp3) is 0.476. The molecule has 0 aromatic heterocycles. The summed E-state index contributed by atoms with van der Waals surface area (Å²) in [7, 11) is 0. The lowest BCUT2D eigenvalue weighted by atomic mass is 9.94. The summed E-state index contributed by atoms with van der Waals surface area (Å²) < 4.78 is 16.2. The van der Waals surface area contributed by atoms with Crippen molar-refractivity contribution in [1.29, 1.82) is 0 Å². The van der Waals surface area contributed by atoms with Crippen LogP contribution in [-0.4, -0.2) is 69.1 Å². The smallest absolute Gasteiger partial charge is 0.314 e. The molecule has 0 amide bonds. The molecule has 3 rings (SSSR count). The van der Waals surface area contributed by atoms with Gasteiger partial charge in [0, 0.05) is 23.5 Å². The predicted molar refractivity (Wildman–Crippen MR) is 117 cm³/mol. The van der Waals surface area contributed by atoms with Gasteiger partial charge in [-0.15, -0.1) is 6.42 Å². The van der Waals surface area contributed by atoms with Gasteiger partial charge in [-0.05, 0) is 31.4 Å². The molecule has 6 atom stereocenters. The Morgan fingerprint density at radius 2 is 2.09 bits per heavy atom. The first-order chi connectivity index (χ1) is 15.6. The topological polar surface area (TPSA) is 152 Å². The number of carbonyl (C=O) groups excluding carboxylic acids is 1. The van der Waals surface area contributed by atoms with Crippen molar-refractivity contribution in [2.45, 2.75) is 43.5 Å². The van der Waals surface area contributed by atoms with Crippen LogP contribution in [0.1, 0.15) is 13.8 Å². The molecule has 1 aromatic rings. The molecule has 12 heteroatoms. The van der Waals surface area contributed by atoms with Gasteiger partial charge in [-0.1, -0.05) is 17.7 Å². The van der Waals surface area contributed by atoms with Crippen LogP contribution in [0.4, 0.5) is 11.4 Å². The highest BCUT2D eigenvalue weighted by molar-refractivity contribution is 8.03. The number of hydrogen-bond acceptors (Lipinski definition) is 11. The molecule has 3 N–H and O–H groups in total. The van der Waals surface area contributed by atoms with Gasteiger partial charge in [0.2, 0.25) is 0 Å². The molecule has 11 nitrogen and oxygen atoms in total. The zero-order valence-electron chi connectivity index (χ0n) is 17.9. The Labute approximate surface area is 194 Å². The second kappa shape index (κ2) is 10.1. The van der Waals surface area contributed by atoms with E-state index < -0.39 is 46.5 Å². The number of terminal acetylenes is 1. The maximum absolute atomic E-state index is 12.4. The van der Waals surface area contributed by atoms with Gasteiger partial charge < -0.3 is 34.4 Å². The average molecular weight is 480 g/mol. The van der Waals surface area contributed by atoms with Crippen molar-refractivity contribution in [3.05, 3.63) is 45.5 Å². The van der Waals surface area contributed by atoms with E-state index in [1.807, 2.05) is 5.92 Å². The number of thioether (sulfide) groups is 1. The first-order valence-electron chi connectivity index (χ1n) is 10.0. The summed E-state index contributed by atoms with van der Waals surface area (Å²) in [6, 6.07) is 5.69. The number of anilines is 1. The van der Waals surface area contributed by atoms with Gasteiger partial charge in [-0.2, -0.15) is 0 Å². The largest absolute Gasteiger partial charge is 0.465 e. The first-order valence-corrected chi connectivity index (χ1v) is 11.0. The number of rotatable bonds is 8. The van der Waals surface area contributed by atoms with Gasteiger partial charge in [0.25, 0.3) is 5.69 Å². The zero-order valence-corrected chi connectivity index (χ0v) is 18.7. The van der Waals surface area contributed by atoms with Crippen LogP contribution in [0, 0.1) is 28.4 Å². The number of esters is 1. The number of nitrogens with zero attached hydrogens (tertiary/aromatic N) is 2. The highest BCUT2D eigenvalue weighted by Crippen LogP contribution is 2.41. The summed E-state index contributed by atoms with van der Waals surface area (Å²) in [6.45, 7) is 3.26. The maximum atomic E-state index is 12.4. The van der Waals surface area contributed by atoms with Crippen LogP contribution in [-0.2, 0) is 19.0 Å². The number of ether oxygens (including phenoxy) is 3. The lowest BCUT2D eigenvalue weighted by Gasteiger charge is -2.32. The lowest BCUT2D eigenvalue weighted by Crippen LogP contribution is -2.49. The van der Waals surface area contributed by atoms with Crippen molar-refractivity contribution in [2.24, 2.45) is 5.92 Å². The predicted octanol–water partition coefficient (Wildman–Crippen LogP) is 0.931. The van der Waals surface area contributed by atoms with Crippen LogP contribution in [0.2, 0.25) is 0 Å². The summed E-state index contributed by atoms with van der Waals surface area (Å²) in [5.41, 5.74) is -1.98. The fourth-order valence-electron chi connectivity index (χ4n) is 3.45. The monoisotopic (exact) mass is 480 g/mol. The quantitative estimate of drug-likeness (QED) is 0.211. The molecule has 1 fully saturated rings. The minimum Gasteiger partial charge on any atom is -0.465 e. The third-order valence-electron chi connectivity index (χ3n) is 5.35. The average Bonchev–Trinajstić information content (AvgIpc) is 3.32. The molecule has 0 radical (unpaired) electrons. The van der Waals surface area contributed by atoms with Crippen molar-refractivity contribution in [2.75, 3.05) is 18.1 Å². The highest BCUT2D eigenvalue weighted by Gasteiger charge is 2.54. The van der Waals surface area contributed by atoms with Crippen LogP contribution < -0.4 is 4.90 Å². The van der Waals surface area contributed by atoms with Crippen LogP contribution in [0.15, 0.2) is 35.4 Å². The fourth-order valence-corrected chi connectivity index (χ4v) is 4.55. The van der Waals surface area contributed by atoms with Crippen molar-refractivity contribution in [3.8, 4) is 12.3 Å². The number of carbonyl (C=O) groups is 1. The molecule has 2 heterocycles. The number of aliphatic hydroxyl groups is 3. The molecule has 0 aliphatic carbocycles. The summed E-state index contributed by atoms with van der Waals surface area (Å²) in [5.74, 6) is 0.918. The molecule has 33 heavy (non-hydrogen) atoms. The van der Waals surface area contributed by atoms with E-state index in [0.717, 1.165) is 0 Å². The number of hydrogen-bond donors (Lipinski definition) is 3. The van der Waals surface area contributed by atoms with Gasteiger partial charge >= 0.3 is 5.97 Å². The molecule has 0 bridgehead atoms. The number of non-ortho nitro benzene ring substituents is 1. The van der Waals surface area contributed by atoms with E-state index in [1.165, 1.54) is 36.0 Å². The van der Waals surface area contributed by atoms with E-state index in [9.17, 15) is 30.2 Å². The van der Waals surface area contributed by atoms with Crippen LogP contribution in [0.3, 0.4) is 0 Å². The third-order valence-corrected chi connectivity index (χ3v) is 6.31. The van der Waals surface area contributed by atoms with Crippen LogP contribution >= 0.6 is 11.8 Å². The Bertz CT molecular complexity index is 963. The molecule has 3 unspecified atom stereocenters. The molecular weight excluding hydrogens is 456 g/mol. The SMILES string of the molecule is C#C[C@@]1(O)[C@@H](COC2SC=C(C(C)C(=O)OCC)N2c2ccc([N+](=O)[O-])cc2)OC(O)[C@@H]1O. The van der Waals surface area contributed by atoms with Gasteiger partial charge in [0.15, 0.2) is 17.5 Å². The second-order valence-electron chi connectivity index (χ2n) is 7.37. The highest BCUT2D eigenvalue weighted by atomic mass is 32.2. The number of nitro groups is 1. The van der Waals surface area contributed by atoms with E-state index in [-0.39, 0.29) is 18.9 Å². The first kappa shape index (κ1) is 25.0. The lowest BCUT2D eigenvalue weighted by molar-refractivity contribution is -0.384. The number of benzene rings is 1. The van der Waals surface area contributed by atoms with Crippen molar-refractivity contribution in [1.82, 2.24) is 0 Å². The molecular formula is C21H24N2O9S. The normalized spacial score (nSPS) is 29.9. The van der Waals surface area contributed by atoms with E-state index in [1.54, 1.807) is 24.2 Å². The Morgan fingerprint density at radius 3 is 2.67 bits per heavy atom. The van der Waals surface area contributed by atoms with E-state index >= 15 is 0 Å². The van der Waals surface area contributed by atoms with E-state index in [2.05, 4.69) is 0 Å². The summed E-state index contributed by atoms with van der Waals surface area (Å²) in [6.07, 6.45) is 0.719. The van der Waals surface area contributed by atoms with Crippen molar-refractivity contribution in [3.63, 3.8) is 0 Å². The molecule has 178 valence electrons. The van der Waals surface area contributed by atoms with Crippen LogP contribution in [0.25, 0.3) is 0 Å². The van der Waals surface area contributed by atoms with Gasteiger partial charge in [-0.25, -0.2) is 0 Å². The molecule has 1 aromatic carbocycles. The van der Waals surface area contributed by atoms with Crippen LogP contribution in [0.5, 0.6) is 0 Å². The molecule has 0 saturated carbocycles. The molecule has 2 aliphatic heterocycles. The maximum Gasteiger partial charge on any atom is 0.314 e. The van der Waals surface area contributed by atoms with Gasteiger partial charge in [0.1, 0.15) is 12.2 Å². The number of nitro benzene ring substituents is 1. The minimum absolute atomic E-state index is 0.103. The third kappa shape index (κ3) is 4.84. The summed E-state index contributed by atoms with van der Waals surface area (Å²) in [5, 5.41) is 42.9. The summed E-state index contributed by atoms with van der Waals surface area (Å²) >= 11 is 1.21. The van der Waals surface area contributed by atoms with E-state index in [0.29, 0.717) is 11.4 Å². The standard InChI is InChI=1S/C21H24N2O9S/c1-4-21(27)16(32-19(26)17(21)24)10-31-20-22(13-6-8-14(9-7-13)23(28)29)15(11-33-20)12(3)18(25)30-5-2/h1,6-9,11-12,16-17,19-20,24,26-27H,5,10H2,2-3H3/t12?,16-,17+,19?,20?,21-/m1/s1. The number of aliphatic hydroxyl groups excluding tert-OH is 2. The van der Waals surface area contributed by atoms with E-state index in [4.69, 9.17) is 20.6 Å². The Morgan fingerprint density at radius 1 is 1.42 bits per heavy atom. The van der Waals surface area contributed by atoms with Gasteiger partial charge in [-0.3, -0.25) is 14.9 Å². The second-order valence-corrected chi connectivity index (χ2v) is 8.28. The molecule has 1 saturated heterocycles. The molecule has 2 aliphatic rings. The van der Waals surface area contributed by atoms with Crippen molar-refractivity contribution < 1.29 is 39.2 Å².